The zero-order chi connectivity index (χ0) is 9.97. The Kier molecular flexibility index (Phi) is 3.48. The van der Waals surface area contributed by atoms with E-state index in [1.807, 2.05) is 0 Å². The molecule has 0 bridgehead atoms. The molecule has 14 heavy (non-hydrogen) atoms. The first-order valence-electron chi connectivity index (χ1n) is 6.49. The van der Waals surface area contributed by atoms with E-state index in [2.05, 4.69) is 18.9 Å². The summed E-state index contributed by atoms with van der Waals surface area (Å²) < 4.78 is 0. The molecule has 0 amide bonds. The second kappa shape index (κ2) is 4.65. The predicted octanol–water partition coefficient (Wildman–Crippen LogP) is 3.44. The van der Waals surface area contributed by atoms with Crippen molar-refractivity contribution in [2.75, 3.05) is 7.05 Å². The van der Waals surface area contributed by atoms with E-state index >= 15 is 0 Å². The number of rotatable bonds is 2. The molecule has 2 fully saturated rings. The molecular formula is C13H25N. The quantitative estimate of drug-likeness (QED) is 0.652. The van der Waals surface area contributed by atoms with E-state index in [1.165, 1.54) is 51.4 Å². The Hall–Kier alpha value is -0.0400. The smallest absolute Gasteiger partial charge is 0.00953 e. The Morgan fingerprint density at radius 3 is 1.86 bits per heavy atom. The van der Waals surface area contributed by atoms with Crippen LogP contribution in [0.25, 0.3) is 0 Å². The van der Waals surface area contributed by atoms with E-state index in [1.54, 1.807) is 0 Å². The van der Waals surface area contributed by atoms with Crippen LogP contribution in [0.15, 0.2) is 0 Å². The van der Waals surface area contributed by atoms with Gasteiger partial charge in [0.15, 0.2) is 0 Å². The molecule has 0 aliphatic heterocycles. The third-order valence-corrected chi connectivity index (χ3v) is 4.46. The Morgan fingerprint density at radius 2 is 1.29 bits per heavy atom. The molecule has 0 aromatic carbocycles. The highest BCUT2D eigenvalue weighted by molar-refractivity contribution is 4.83. The summed E-state index contributed by atoms with van der Waals surface area (Å²) in [6.07, 6.45) is 11.7. The average molecular weight is 195 g/mol. The molecule has 0 spiro atoms. The normalized spacial score (nSPS) is 35.4. The van der Waals surface area contributed by atoms with Gasteiger partial charge in [-0.2, -0.15) is 0 Å². The van der Waals surface area contributed by atoms with Crippen molar-refractivity contribution >= 4 is 0 Å². The monoisotopic (exact) mass is 195 g/mol. The first-order chi connectivity index (χ1) is 6.77. The van der Waals surface area contributed by atoms with E-state index in [-0.39, 0.29) is 0 Å². The molecule has 0 saturated heterocycles. The maximum Gasteiger partial charge on any atom is 0.00953 e. The van der Waals surface area contributed by atoms with Crippen LogP contribution in [0, 0.1) is 5.92 Å². The van der Waals surface area contributed by atoms with Crippen LogP contribution in [0.3, 0.4) is 0 Å². The molecular weight excluding hydrogens is 170 g/mol. The van der Waals surface area contributed by atoms with Gasteiger partial charge >= 0.3 is 0 Å². The predicted molar refractivity (Wildman–Crippen MR) is 61.4 cm³/mol. The van der Waals surface area contributed by atoms with Crippen molar-refractivity contribution in [3.8, 4) is 0 Å². The Bertz CT molecular complexity index is 164. The van der Waals surface area contributed by atoms with Gasteiger partial charge in [0.05, 0.1) is 0 Å². The van der Waals surface area contributed by atoms with E-state index in [9.17, 15) is 0 Å². The molecule has 1 nitrogen and oxygen atoms in total. The standard InChI is InChI=1S/C13H25N/c1-11-7-9-13(10-8-11)14(2)12-5-3-4-6-12/h11-13H,3-10H2,1-2H3. The fourth-order valence-electron chi connectivity index (χ4n) is 3.26. The van der Waals surface area contributed by atoms with Crippen molar-refractivity contribution in [2.24, 2.45) is 5.92 Å². The fraction of sp³-hybridized carbons (Fsp3) is 1.00. The highest BCUT2D eigenvalue weighted by Crippen LogP contribution is 2.31. The van der Waals surface area contributed by atoms with Gasteiger partial charge in [-0.15, -0.1) is 0 Å². The molecule has 2 aliphatic carbocycles. The second-order valence-electron chi connectivity index (χ2n) is 5.52. The second-order valence-corrected chi connectivity index (χ2v) is 5.52. The summed E-state index contributed by atoms with van der Waals surface area (Å²) in [6, 6.07) is 1.84. The molecule has 82 valence electrons. The van der Waals surface area contributed by atoms with Gasteiger partial charge in [-0.3, -0.25) is 0 Å². The molecule has 0 radical (unpaired) electrons. The number of hydrogen-bond acceptors (Lipinski definition) is 1. The summed E-state index contributed by atoms with van der Waals surface area (Å²) in [5, 5.41) is 0. The molecule has 2 aliphatic rings. The van der Waals surface area contributed by atoms with Gasteiger partial charge in [-0.1, -0.05) is 19.8 Å². The maximum atomic E-state index is 2.71. The summed E-state index contributed by atoms with van der Waals surface area (Å²) >= 11 is 0. The van der Waals surface area contributed by atoms with Gasteiger partial charge in [0.1, 0.15) is 0 Å². The molecule has 1 heteroatoms. The van der Waals surface area contributed by atoms with Gasteiger partial charge in [-0.25, -0.2) is 0 Å². The van der Waals surface area contributed by atoms with Crippen LogP contribution < -0.4 is 0 Å². The van der Waals surface area contributed by atoms with E-state index < -0.39 is 0 Å². The minimum absolute atomic E-state index is 0.911. The van der Waals surface area contributed by atoms with Crippen molar-refractivity contribution in [1.82, 2.24) is 4.90 Å². The largest absolute Gasteiger partial charge is 0.300 e. The third-order valence-electron chi connectivity index (χ3n) is 4.46. The van der Waals surface area contributed by atoms with E-state index in [0.717, 1.165) is 18.0 Å². The minimum atomic E-state index is 0.911. The molecule has 0 aromatic rings. The van der Waals surface area contributed by atoms with Crippen molar-refractivity contribution in [3.05, 3.63) is 0 Å². The van der Waals surface area contributed by atoms with Crippen molar-refractivity contribution < 1.29 is 0 Å². The van der Waals surface area contributed by atoms with Gasteiger partial charge in [0, 0.05) is 12.1 Å². The summed E-state index contributed by atoms with van der Waals surface area (Å²) in [5.41, 5.74) is 0. The number of nitrogens with zero attached hydrogens (tertiary/aromatic N) is 1. The zero-order valence-corrected chi connectivity index (χ0v) is 9.84. The van der Waals surface area contributed by atoms with Crippen LogP contribution in [-0.4, -0.2) is 24.0 Å². The highest BCUT2D eigenvalue weighted by Gasteiger charge is 2.27. The first kappa shape index (κ1) is 10.5. The van der Waals surface area contributed by atoms with E-state index in [4.69, 9.17) is 0 Å². The van der Waals surface area contributed by atoms with Crippen molar-refractivity contribution in [2.45, 2.75) is 70.4 Å². The third kappa shape index (κ3) is 2.31. The summed E-state index contributed by atoms with van der Waals surface area (Å²) in [5.74, 6) is 0.989. The summed E-state index contributed by atoms with van der Waals surface area (Å²) in [4.78, 5) is 2.71. The van der Waals surface area contributed by atoms with Crippen LogP contribution >= 0.6 is 0 Å². The van der Waals surface area contributed by atoms with Crippen LogP contribution in [0.1, 0.15) is 58.3 Å². The van der Waals surface area contributed by atoms with E-state index in [0.29, 0.717) is 0 Å². The lowest BCUT2D eigenvalue weighted by Crippen LogP contribution is -2.40. The van der Waals surface area contributed by atoms with Gasteiger partial charge < -0.3 is 4.90 Å². The topological polar surface area (TPSA) is 3.24 Å². The highest BCUT2D eigenvalue weighted by atomic mass is 15.2. The van der Waals surface area contributed by atoms with Gasteiger partial charge in [0.25, 0.3) is 0 Å². The fourth-order valence-corrected chi connectivity index (χ4v) is 3.26. The molecule has 2 saturated carbocycles. The summed E-state index contributed by atoms with van der Waals surface area (Å²) in [7, 11) is 2.37. The lowest BCUT2D eigenvalue weighted by atomic mass is 9.86. The summed E-state index contributed by atoms with van der Waals surface area (Å²) in [6.45, 7) is 2.41. The van der Waals surface area contributed by atoms with Crippen LogP contribution in [-0.2, 0) is 0 Å². The Morgan fingerprint density at radius 1 is 0.786 bits per heavy atom. The molecule has 0 N–H and O–H groups in total. The SMILES string of the molecule is CC1CCC(N(C)C2CCCC2)CC1. The van der Waals surface area contributed by atoms with Crippen molar-refractivity contribution in [1.29, 1.82) is 0 Å². The van der Waals surface area contributed by atoms with Gasteiger partial charge in [-0.05, 0) is 51.5 Å². The van der Waals surface area contributed by atoms with Crippen LogP contribution in [0.2, 0.25) is 0 Å². The molecule has 0 atom stereocenters. The lowest BCUT2D eigenvalue weighted by molar-refractivity contribution is 0.125. The average Bonchev–Trinajstić information content (AvgIpc) is 2.71. The lowest BCUT2D eigenvalue weighted by Gasteiger charge is -2.37. The van der Waals surface area contributed by atoms with Crippen LogP contribution in [0.5, 0.6) is 0 Å². The Labute approximate surface area is 88.9 Å². The molecule has 2 rings (SSSR count). The Balaban J connectivity index is 1.82. The van der Waals surface area contributed by atoms with Crippen molar-refractivity contribution in [3.63, 3.8) is 0 Å². The molecule has 0 aromatic heterocycles. The van der Waals surface area contributed by atoms with Crippen LogP contribution in [0.4, 0.5) is 0 Å². The molecule has 0 heterocycles. The molecule has 0 unspecified atom stereocenters. The zero-order valence-electron chi connectivity index (χ0n) is 9.84. The first-order valence-corrected chi connectivity index (χ1v) is 6.49. The maximum absolute atomic E-state index is 2.71. The van der Waals surface area contributed by atoms with Gasteiger partial charge in [0.2, 0.25) is 0 Å². The minimum Gasteiger partial charge on any atom is -0.300 e. The number of hydrogen-bond donors (Lipinski definition) is 0.